The van der Waals surface area contributed by atoms with Crippen molar-refractivity contribution in [3.05, 3.63) is 28.5 Å². The topological polar surface area (TPSA) is 45.2 Å². The van der Waals surface area contributed by atoms with E-state index in [1.165, 1.54) is 0 Å². The third kappa shape index (κ3) is 4.74. The van der Waals surface area contributed by atoms with Crippen molar-refractivity contribution in [1.82, 2.24) is 15.2 Å². The van der Waals surface area contributed by atoms with Gasteiger partial charge in [-0.25, -0.2) is 4.98 Å². The normalized spacial score (nSPS) is 12.5. The van der Waals surface area contributed by atoms with E-state index in [2.05, 4.69) is 52.0 Å². The number of rotatable bonds is 6. The molecule has 0 radical (unpaired) electrons. The quantitative estimate of drug-likeness (QED) is 0.820. The second-order valence-electron chi connectivity index (χ2n) is 4.36. The number of aromatic nitrogens is 1. The smallest absolute Gasteiger partial charge is 0.252 e. The maximum Gasteiger partial charge on any atom is 0.252 e. The highest BCUT2D eigenvalue weighted by Crippen LogP contribution is 2.06. The minimum Gasteiger partial charge on any atom is -0.351 e. The Morgan fingerprint density at radius 1 is 1.56 bits per heavy atom. The molecule has 5 heteroatoms. The highest BCUT2D eigenvalue weighted by Gasteiger charge is 2.08. The van der Waals surface area contributed by atoms with Gasteiger partial charge in [-0.3, -0.25) is 4.79 Å². The average Bonchev–Trinajstić information content (AvgIpc) is 2.38. The van der Waals surface area contributed by atoms with E-state index in [4.69, 9.17) is 0 Å². The van der Waals surface area contributed by atoms with Crippen LogP contribution in [-0.4, -0.2) is 42.0 Å². The molecule has 0 saturated heterocycles. The van der Waals surface area contributed by atoms with Crippen LogP contribution in [0.1, 0.15) is 30.6 Å². The molecule has 1 aromatic heterocycles. The molecule has 1 unspecified atom stereocenters. The first-order valence-corrected chi connectivity index (χ1v) is 6.94. The molecule has 0 spiro atoms. The summed E-state index contributed by atoms with van der Waals surface area (Å²) >= 11 is 3.24. The van der Waals surface area contributed by atoms with E-state index in [0.29, 0.717) is 18.2 Å². The Morgan fingerprint density at radius 3 is 2.83 bits per heavy atom. The van der Waals surface area contributed by atoms with Crippen LogP contribution < -0.4 is 5.32 Å². The lowest BCUT2D eigenvalue weighted by molar-refractivity contribution is 0.0947. The molecule has 4 nitrogen and oxygen atoms in total. The zero-order valence-corrected chi connectivity index (χ0v) is 12.7. The fraction of sp³-hybridized carbons (Fsp3) is 0.538. The maximum atomic E-state index is 11.8. The van der Waals surface area contributed by atoms with Gasteiger partial charge in [0.25, 0.3) is 5.91 Å². The number of hydrogen-bond acceptors (Lipinski definition) is 3. The number of nitrogens with one attached hydrogen (secondary N) is 1. The summed E-state index contributed by atoms with van der Waals surface area (Å²) < 4.78 is 0.732. The molecule has 1 amide bonds. The molecule has 0 bridgehead atoms. The lowest BCUT2D eigenvalue weighted by Crippen LogP contribution is -2.37. The minimum absolute atomic E-state index is 0.0763. The predicted octanol–water partition coefficient (Wildman–Crippen LogP) is 2.30. The van der Waals surface area contributed by atoms with Gasteiger partial charge in [-0.05, 0) is 48.5 Å². The van der Waals surface area contributed by atoms with Gasteiger partial charge in [0, 0.05) is 25.3 Å². The van der Waals surface area contributed by atoms with E-state index in [1.807, 2.05) is 0 Å². The van der Waals surface area contributed by atoms with Crippen molar-refractivity contribution in [1.29, 1.82) is 0 Å². The summed E-state index contributed by atoms with van der Waals surface area (Å²) in [5.41, 5.74) is 0.587. The van der Waals surface area contributed by atoms with Gasteiger partial charge >= 0.3 is 0 Å². The second kappa shape index (κ2) is 7.48. The number of carbonyl (C=O) groups is 1. The Kier molecular flexibility index (Phi) is 6.29. The van der Waals surface area contributed by atoms with Crippen LogP contribution in [-0.2, 0) is 0 Å². The van der Waals surface area contributed by atoms with Gasteiger partial charge in [-0.15, -0.1) is 0 Å². The summed E-state index contributed by atoms with van der Waals surface area (Å²) in [5, 5.41) is 2.89. The average molecular weight is 314 g/mol. The fourth-order valence-electron chi connectivity index (χ4n) is 1.49. The third-order valence-corrected chi connectivity index (χ3v) is 3.55. The lowest BCUT2D eigenvalue weighted by atomic mass is 10.2. The molecule has 1 rings (SSSR count). The van der Waals surface area contributed by atoms with Gasteiger partial charge < -0.3 is 10.2 Å². The van der Waals surface area contributed by atoms with Crippen molar-refractivity contribution in [2.75, 3.05) is 20.1 Å². The molecule has 18 heavy (non-hydrogen) atoms. The van der Waals surface area contributed by atoms with Crippen molar-refractivity contribution >= 4 is 21.8 Å². The molecule has 0 aliphatic rings. The summed E-state index contributed by atoms with van der Waals surface area (Å²) in [6, 6.07) is 4.06. The summed E-state index contributed by atoms with van der Waals surface area (Å²) in [6.45, 7) is 5.84. The van der Waals surface area contributed by atoms with Crippen molar-refractivity contribution in [2.45, 2.75) is 26.3 Å². The van der Waals surface area contributed by atoms with Crippen LogP contribution in [0.3, 0.4) is 0 Å². The first kappa shape index (κ1) is 15.1. The molecule has 1 aromatic rings. The van der Waals surface area contributed by atoms with Crippen LogP contribution in [0.5, 0.6) is 0 Å². The standard InChI is InChI=1S/C13H20BrN3O/c1-4-10(2)17(3)8-7-15-13(18)11-5-6-12(14)16-9-11/h5-6,9-10H,4,7-8H2,1-3H3,(H,15,18). The summed E-state index contributed by atoms with van der Waals surface area (Å²) in [5.74, 6) is -0.0763. The van der Waals surface area contributed by atoms with E-state index in [0.717, 1.165) is 17.6 Å². The lowest BCUT2D eigenvalue weighted by Gasteiger charge is -2.23. The maximum absolute atomic E-state index is 11.8. The monoisotopic (exact) mass is 313 g/mol. The van der Waals surface area contributed by atoms with E-state index < -0.39 is 0 Å². The number of carbonyl (C=O) groups excluding carboxylic acids is 1. The van der Waals surface area contributed by atoms with Gasteiger partial charge in [0.15, 0.2) is 0 Å². The molecule has 0 saturated carbocycles. The zero-order valence-electron chi connectivity index (χ0n) is 11.1. The van der Waals surface area contributed by atoms with Gasteiger partial charge in [0.05, 0.1) is 5.56 Å². The van der Waals surface area contributed by atoms with Crippen LogP contribution >= 0.6 is 15.9 Å². The third-order valence-electron chi connectivity index (χ3n) is 3.08. The van der Waals surface area contributed by atoms with Crippen molar-refractivity contribution in [3.63, 3.8) is 0 Å². The first-order chi connectivity index (χ1) is 8.54. The fourth-order valence-corrected chi connectivity index (χ4v) is 1.72. The molecule has 0 aliphatic carbocycles. The molecule has 1 heterocycles. The Labute approximate surface area is 117 Å². The van der Waals surface area contributed by atoms with Crippen LogP contribution in [0.2, 0.25) is 0 Å². The van der Waals surface area contributed by atoms with Crippen LogP contribution in [0, 0.1) is 0 Å². The largest absolute Gasteiger partial charge is 0.351 e. The molecule has 0 aliphatic heterocycles. The molecule has 0 fully saturated rings. The van der Waals surface area contributed by atoms with E-state index in [9.17, 15) is 4.79 Å². The molecule has 100 valence electrons. The number of pyridine rings is 1. The van der Waals surface area contributed by atoms with Gasteiger partial charge in [-0.1, -0.05) is 6.92 Å². The van der Waals surface area contributed by atoms with E-state index >= 15 is 0 Å². The first-order valence-electron chi connectivity index (χ1n) is 6.14. The van der Waals surface area contributed by atoms with E-state index in [1.54, 1.807) is 18.3 Å². The van der Waals surface area contributed by atoms with Crippen molar-refractivity contribution in [3.8, 4) is 0 Å². The number of nitrogens with zero attached hydrogens (tertiary/aromatic N) is 2. The predicted molar refractivity (Wildman–Crippen MR) is 76.7 cm³/mol. The number of likely N-dealkylation sites (N-methyl/N-ethyl adjacent to an activating group) is 1. The summed E-state index contributed by atoms with van der Waals surface area (Å²) in [6.07, 6.45) is 2.68. The van der Waals surface area contributed by atoms with E-state index in [-0.39, 0.29) is 5.91 Å². The Hall–Kier alpha value is -0.940. The van der Waals surface area contributed by atoms with Gasteiger partial charge in [0.2, 0.25) is 0 Å². The number of hydrogen-bond donors (Lipinski definition) is 1. The van der Waals surface area contributed by atoms with Gasteiger partial charge in [-0.2, -0.15) is 0 Å². The van der Waals surface area contributed by atoms with Crippen molar-refractivity contribution in [2.24, 2.45) is 0 Å². The summed E-state index contributed by atoms with van der Waals surface area (Å²) in [7, 11) is 2.07. The Balaban J connectivity index is 2.35. The highest BCUT2D eigenvalue weighted by atomic mass is 79.9. The highest BCUT2D eigenvalue weighted by molar-refractivity contribution is 9.10. The minimum atomic E-state index is -0.0763. The zero-order chi connectivity index (χ0) is 13.5. The molecular weight excluding hydrogens is 294 g/mol. The van der Waals surface area contributed by atoms with Crippen molar-refractivity contribution < 1.29 is 4.79 Å². The molecule has 1 N–H and O–H groups in total. The van der Waals surface area contributed by atoms with Crippen LogP contribution in [0.25, 0.3) is 0 Å². The Morgan fingerprint density at radius 2 is 2.28 bits per heavy atom. The summed E-state index contributed by atoms with van der Waals surface area (Å²) in [4.78, 5) is 18.1. The molecule has 1 atom stereocenters. The number of halogens is 1. The molecule has 0 aromatic carbocycles. The Bertz CT molecular complexity index is 380. The number of amides is 1. The second-order valence-corrected chi connectivity index (χ2v) is 5.18. The van der Waals surface area contributed by atoms with Crippen LogP contribution in [0.15, 0.2) is 22.9 Å². The SMILES string of the molecule is CCC(C)N(C)CCNC(=O)c1ccc(Br)nc1. The molecular formula is C13H20BrN3O. The van der Waals surface area contributed by atoms with Gasteiger partial charge in [0.1, 0.15) is 4.60 Å². The van der Waals surface area contributed by atoms with Crippen LogP contribution in [0.4, 0.5) is 0 Å².